The van der Waals surface area contributed by atoms with Crippen LogP contribution in [-0.2, 0) is 14.3 Å². The van der Waals surface area contributed by atoms with Crippen LogP contribution in [0, 0.1) is 22.7 Å². The van der Waals surface area contributed by atoms with Gasteiger partial charge in [0.1, 0.15) is 0 Å². The van der Waals surface area contributed by atoms with Crippen molar-refractivity contribution in [2.45, 2.75) is 108 Å². The minimum atomic E-state index is -1.69. The molecule has 0 heterocycles. The number of nitriles is 2. The third kappa shape index (κ3) is 17.4. The molecule has 0 spiro atoms. The highest BCUT2D eigenvalue weighted by Gasteiger charge is 2.30. The van der Waals surface area contributed by atoms with E-state index >= 15 is 0 Å². The number of hydrogen-bond acceptors (Lipinski definition) is 8. The normalized spacial score (nSPS) is 16.8. The Morgan fingerprint density at radius 2 is 1.44 bits per heavy atom. The van der Waals surface area contributed by atoms with Gasteiger partial charge in [-0.3, -0.25) is 4.79 Å². The van der Waals surface area contributed by atoms with Crippen LogP contribution < -0.4 is 0 Å². The number of ether oxygens (including phenoxy) is 2. The van der Waals surface area contributed by atoms with Crippen molar-refractivity contribution in [2.75, 3.05) is 13.2 Å². The Balaban J connectivity index is 4.62. The second-order valence-electron chi connectivity index (χ2n) is 10.2. The van der Waals surface area contributed by atoms with Crippen molar-refractivity contribution in [1.82, 2.24) is 0 Å². The van der Waals surface area contributed by atoms with Gasteiger partial charge in [-0.2, -0.15) is 42.9 Å². The van der Waals surface area contributed by atoms with Crippen molar-refractivity contribution < 1.29 is 19.4 Å². The van der Waals surface area contributed by atoms with Crippen LogP contribution >= 0.6 is 22.2 Å². The van der Waals surface area contributed by atoms with Gasteiger partial charge in [0.05, 0.1) is 18.7 Å². The van der Waals surface area contributed by atoms with Crippen LogP contribution in [0.2, 0.25) is 38.3 Å². The van der Waals surface area contributed by atoms with Gasteiger partial charge in [0.25, 0.3) is 0 Å². The molecule has 0 aliphatic carbocycles. The fourth-order valence-electron chi connectivity index (χ4n) is 2.77. The van der Waals surface area contributed by atoms with Crippen molar-refractivity contribution in [3.05, 3.63) is 0 Å². The van der Waals surface area contributed by atoms with Crippen LogP contribution in [0.15, 0.2) is 10.2 Å². The maximum absolute atomic E-state index is 12.0. The fraction of sp³-hybridized carbons (Fsp3) is 0.864. The first-order valence-electron chi connectivity index (χ1n) is 11.6. The Bertz CT molecular complexity index is 747. The highest BCUT2D eigenvalue weighted by Crippen LogP contribution is 2.25. The molecule has 12 heteroatoms. The monoisotopic (exact) mass is 550 g/mol. The smallest absolute Gasteiger partial charge is 0.305 e. The molecule has 0 saturated carbocycles. The second kappa shape index (κ2) is 15.2. The van der Waals surface area contributed by atoms with E-state index in [9.17, 15) is 20.4 Å². The number of nitrogens with zero attached hydrogens (tertiary/aromatic N) is 4. The van der Waals surface area contributed by atoms with Crippen molar-refractivity contribution >= 4 is 42.9 Å². The van der Waals surface area contributed by atoms with E-state index in [0.29, 0.717) is 19.6 Å². The summed E-state index contributed by atoms with van der Waals surface area (Å²) in [5, 5.41) is 37.4. The summed E-state index contributed by atoms with van der Waals surface area (Å²) in [5.74, 6) is -0.408. The molecule has 0 saturated heterocycles. The number of carbonyl (C=O) groups is 1. The predicted molar refractivity (Wildman–Crippen MR) is 140 cm³/mol. The van der Waals surface area contributed by atoms with Crippen LogP contribution in [0.1, 0.15) is 52.4 Å². The molecule has 0 aliphatic heterocycles. The summed E-state index contributed by atoms with van der Waals surface area (Å²) in [4.78, 5) is 12.0. The Morgan fingerprint density at radius 1 is 0.971 bits per heavy atom. The number of esters is 1. The minimum absolute atomic E-state index is 0.0164. The van der Waals surface area contributed by atoms with Crippen LogP contribution in [-0.4, -0.2) is 56.4 Å². The minimum Gasteiger partial charge on any atom is -0.466 e. The molecule has 3 atom stereocenters. The molecule has 1 N–H and O–H groups in total. The lowest BCUT2D eigenvalue weighted by atomic mass is 9.97. The largest absolute Gasteiger partial charge is 0.466 e. The van der Waals surface area contributed by atoms with Crippen molar-refractivity contribution in [3.63, 3.8) is 0 Å². The number of aliphatic hydroxyl groups excluding tert-OH is 1. The van der Waals surface area contributed by atoms with Gasteiger partial charge in [-0.25, -0.2) is 0 Å². The van der Waals surface area contributed by atoms with Crippen molar-refractivity contribution in [3.8, 4) is 12.1 Å². The number of carbonyl (C=O) groups excluding carboxylic acids is 1. The van der Waals surface area contributed by atoms with E-state index in [-0.39, 0.29) is 25.7 Å². The first-order valence-corrected chi connectivity index (χ1v) is 20.1. The zero-order valence-corrected chi connectivity index (χ0v) is 24.9. The molecule has 0 radical (unpaired) electrons. The van der Waals surface area contributed by atoms with Crippen molar-refractivity contribution in [2.24, 2.45) is 10.2 Å². The van der Waals surface area contributed by atoms with E-state index in [1.807, 2.05) is 13.1 Å². The molecule has 0 aromatic rings. The average Bonchev–Trinajstić information content (AvgIpc) is 2.74. The molecule has 194 valence electrons. The molecule has 0 amide bonds. The van der Waals surface area contributed by atoms with Gasteiger partial charge < -0.3 is 14.6 Å². The van der Waals surface area contributed by atoms with E-state index in [1.54, 1.807) is 13.8 Å². The number of hydrogen-bond donors (Lipinski definition) is 1. The Morgan fingerprint density at radius 3 is 1.91 bits per heavy atom. The lowest BCUT2D eigenvalue weighted by Crippen LogP contribution is -2.26. The molecule has 0 aromatic heterocycles. The van der Waals surface area contributed by atoms with Gasteiger partial charge >= 0.3 is 5.97 Å². The van der Waals surface area contributed by atoms with Gasteiger partial charge in [-0.05, 0) is 51.6 Å². The third-order valence-corrected chi connectivity index (χ3v) is 9.29. The second-order valence-corrected chi connectivity index (χ2v) is 24.2. The molecule has 0 rings (SSSR count). The Labute approximate surface area is 216 Å². The standard InChI is InChI=1S/C22H40Cl2N4O4Si2/c1-21(17-25,11-9-19(29)31-13-7-15-33(3,4)23)27-28-22(2,18-26)12-10-20(30)32-14-8-16-34(5,6)24/h19,29H,7-16H2,1-6H3. The first kappa shape index (κ1) is 33.0. The molecular weight excluding hydrogens is 511 g/mol. The van der Waals surface area contributed by atoms with Crippen LogP contribution in [0.25, 0.3) is 0 Å². The van der Waals surface area contributed by atoms with Gasteiger partial charge in [0.15, 0.2) is 32.1 Å². The zero-order valence-electron chi connectivity index (χ0n) is 21.4. The molecule has 0 aliphatic rings. The van der Waals surface area contributed by atoms with E-state index in [2.05, 4.69) is 35.5 Å². The number of halogens is 2. The van der Waals surface area contributed by atoms with E-state index in [4.69, 9.17) is 31.6 Å². The van der Waals surface area contributed by atoms with Gasteiger partial charge in [-0.1, -0.05) is 26.2 Å². The van der Waals surface area contributed by atoms with E-state index in [0.717, 1.165) is 18.5 Å². The summed E-state index contributed by atoms with van der Waals surface area (Å²) in [6.45, 7) is 12.0. The van der Waals surface area contributed by atoms with Crippen LogP contribution in [0.3, 0.4) is 0 Å². The van der Waals surface area contributed by atoms with Crippen LogP contribution in [0.4, 0.5) is 0 Å². The predicted octanol–water partition coefficient (Wildman–Crippen LogP) is 6.11. The molecular formula is C22H40Cl2N4O4Si2. The molecule has 8 nitrogen and oxygen atoms in total. The summed E-state index contributed by atoms with van der Waals surface area (Å²) in [6.07, 6.45) is 0.997. The quantitative estimate of drug-likeness (QED) is 0.0580. The maximum Gasteiger partial charge on any atom is 0.305 e. The number of azo groups is 1. The summed E-state index contributed by atoms with van der Waals surface area (Å²) < 4.78 is 10.6. The van der Waals surface area contributed by atoms with Gasteiger partial charge in [-0.15, -0.1) is 0 Å². The number of aliphatic hydroxyl groups is 1. The summed E-state index contributed by atoms with van der Waals surface area (Å²) >= 11 is 12.5. The third-order valence-electron chi connectivity index (χ3n) is 5.07. The van der Waals surface area contributed by atoms with Gasteiger partial charge in [0.2, 0.25) is 0 Å². The summed E-state index contributed by atoms with van der Waals surface area (Å²) in [7, 11) is -3.35. The summed E-state index contributed by atoms with van der Waals surface area (Å²) in [6, 6.07) is 5.88. The highest BCUT2D eigenvalue weighted by atomic mass is 35.6. The molecule has 34 heavy (non-hydrogen) atoms. The average molecular weight is 552 g/mol. The Hall–Kier alpha value is -1.02. The first-order chi connectivity index (χ1) is 15.5. The molecule has 0 bridgehead atoms. The molecule has 3 unspecified atom stereocenters. The van der Waals surface area contributed by atoms with Crippen molar-refractivity contribution in [1.29, 1.82) is 10.5 Å². The molecule has 0 fully saturated rings. The van der Waals surface area contributed by atoms with Crippen LogP contribution in [0.5, 0.6) is 0 Å². The SMILES string of the molecule is CC(C#N)(CCC(=O)OCCC[Si](C)(C)Cl)N=NC(C)(C#N)CCC(O)OCCC[Si](C)(C)Cl. The van der Waals surface area contributed by atoms with E-state index in [1.165, 1.54) is 0 Å². The maximum atomic E-state index is 12.0. The van der Waals surface area contributed by atoms with E-state index < -0.39 is 38.1 Å². The highest BCUT2D eigenvalue weighted by molar-refractivity contribution is 7.19. The zero-order chi connectivity index (χ0) is 26.5. The fourth-order valence-corrected chi connectivity index (χ4v) is 5.55. The topological polar surface area (TPSA) is 128 Å². The van der Waals surface area contributed by atoms with Gasteiger partial charge in [0, 0.05) is 19.4 Å². The Kier molecular flexibility index (Phi) is 14.7. The molecule has 0 aromatic carbocycles. The summed E-state index contributed by atoms with van der Waals surface area (Å²) in [5.41, 5.74) is -2.50. The lowest BCUT2D eigenvalue weighted by Gasteiger charge is -2.21. The number of rotatable bonds is 17. The lowest BCUT2D eigenvalue weighted by molar-refractivity contribution is -0.144.